The van der Waals surface area contributed by atoms with Gasteiger partial charge >= 0.3 is 16.3 Å². The van der Waals surface area contributed by atoms with E-state index in [0.29, 0.717) is 5.56 Å². The highest BCUT2D eigenvalue weighted by atomic mass is 32.2. The molecule has 0 bridgehead atoms. The molecule has 0 saturated carbocycles. The summed E-state index contributed by atoms with van der Waals surface area (Å²) < 4.78 is 31.5. The van der Waals surface area contributed by atoms with Gasteiger partial charge in [-0.2, -0.15) is 8.42 Å². The minimum Gasteiger partial charge on any atom is -0.478 e. The third-order valence-electron chi connectivity index (χ3n) is 4.70. The Morgan fingerprint density at radius 1 is 1.20 bits per heavy atom. The molecule has 1 N–H and O–H groups in total. The Kier molecular flexibility index (Phi) is 3.48. The fourth-order valence-electron chi connectivity index (χ4n) is 3.49. The molecule has 0 amide bonds. The van der Waals surface area contributed by atoms with Crippen LogP contribution in [0.25, 0.3) is 0 Å². The van der Waals surface area contributed by atoms with Crippen molar-refractivity contribution in [1.29, 1.82) is 0 Å². The van der Waals surface area contributed by atoms with E-state index in [1.165, 1.54) is 22.5 Å². The highest BCUT2D eigenvalue weighted by Crippen LogP contribution is 2.46. The SMILES string of the molecule is C[C@@H]1C2c3cc(C(=O)O)ccc3OS(=O)(=O)N2CN1c1ccccc1. The predicted molar refractivity (Wildman–Crippen MR) is 90.8 cm³/mol. The van der Waals surface area contributed by atoms with Crippen LogP contribution in [0.1, 0.15) is 28.9 Å². The van der Waals surface area contributed by atoms with Gasteiger partial charge in [0, 0.05) is 17.3 Å². The van der Waals surface area contributed by atoms with Crippen LogP contribution in [0.3, 0.4) is 0 Å². The Bertz CT molecular complexity index is 945. The summed E-state index contributed by atoms with van der Waals surface area (Å²) in [7, 11) is -3.94. The molecule has 2 atom stereocenters. The van der Waals surface area contributed by atoms with Gasteiger partial charge in [0.25, 0.3) is 0 Å². The van der Waals surface area contributed by atoms with Crippen molar-refractivity contribution in [2.45, 2.75) is 19.0 Å². The molecule has 1 unspecified atom stereocenters. The lowest BCUT2D eigenvalue weighted by atomic mass is 9.98. The Morgan fingerprint density at radius 2 is 1.92 bits per heavy atom. The number of carboxylic acids is 1. The number of hydrogen-bond acceptors (Lipinski definition) is 5. The van der Waals surface area contributed by atoms with E-state index >= 15 is 0 Å². The van der Waals surface area contributed by atoms with E-state index in [1.807, 2.05) is 42.2 Å². The maximum atomic E-state index is 12.5. The van der Waals surface area contributed by atoms with Crippen molar-refractivity contribution < 1.29 is 22.5 Å². The number of rotatable bonds is 2. The summed E-state index contributed by atoms with van der Waals surface area (Å²) in [5.41, 5.74) is 1.57. The highest BCUT2D eigenvalue weighted by molar-refractivity contribution is 7.84. The predicted octanol–water partition coefficient (Wildman–Crippen LogP) is 2.23. The maximum Gasteiger partial charge on any atom is 0.387 e. The zero-order valence-corrected chi connectivity index (χ0v) is 14.2. The molecular weight excluding hydrogens is 344 g/mol. The molecule has 2 aromatic carbocycles. The number of fused-ring (bicyclic) bond motifs is 3. The van der Waals surface area contributed by atoms with E-state index in [2.05, 4.69) is 0 Å². The first kappa shape index (κ1) is 15.9. The number of anilines is 1. The molecule has 0 spiro atoms. The number of aromatic carboxylic acids is 1. The molecule has 2 heterocycles. The van der Waals surface area contributed by atoms with Gasteiger partial charge in [0.2, 0.25) is 0 Å². The number of hydrogen-bond donors (Lipinski definition) is 1. The van der Waals surface area contributed by atoms with Crippen LogP contribution in [0.4, 0.5) is 5.69 Å². The first-order valence-corrected chi connectivity index (χ1v) is 9.15. The normalized spacial score (nSPS) is 24.3. The average molecular weight is 360 g/mol. The van der Waals surface area contributed by atoms with Gasteiger partial charge in [-0.1, -0.05) is 18.2 Å². The van der Waals surface area contributed by atoms with Crippen molar-refractivity contribution in [2.75, 3.05) is 11.6 Å². The monoisotopic (exact) mass is 360 g/mol. The van der Waals surface area contributed by atoms with Crippen LogP contribution in [-0.4, -0.2) is 36.5 Å². The molecule has 1 saturated heterocycles. The summed E-state index contributed by atoms with van der Waals surface area (Å²) >= 11 is 0. The van der Waals surface area contributed by atoms with E-state index in [9.17, 15) is 18.3 Å². The molecule has 1 fully saturated rings. The fraction of sp³-hybridized carbons (Fsp3) is 0.235. The first-order chi connectivity index (χ1) is 11.9. The van der Waals surface area contributed by atoms with E-state index in [4.69, 9.17) is 4.18 Å². The van der Waals surface area contributed by atoms with E-state index in [1.54, 1.807) is 0 Å². The number of carboxylic acid groups (broad SMARTS) is 1. The molecule has 25 heavy (non-hydrogen) atoms. The van der Waals surface area contributed by atoms with Crippen LogP contribution >= 0.6 is 0 Å². The van der Waals surface area contributed by atoms with Gasteiger partial charge in [-0.25, -0.2) is 4.79 Å². The minimum atomic E-state index is -3.94. The van der Waals surface area contributed by atoms with Crippen molar-refractivity contribution in [2.24, 2.45) is 0 Å². The lowest BCUT2D eigenvalue weighted by molar-refractivity contribution is 0.0696. The molecular formula is C17H16N2O5S. The molecule has 2 aliphatic rings. The highest BCUT2D eigenvalue weighted by Gasteiger charge is 2.50. The molecule has 0 aliphatic carbocycles. The van der Waals surface area contributed by atoms with Crippen LogP contribution in [0.5, 0.6) is 5.75 Å². The number of benzene rings is 2. The smallest absolute Gasteiger partial charge is 0.387 e. The van der Waals surface area contributed by atoms with Crippen LogP contribution in [0.15, 0.2) is 48.5 Å². The standard InChI is InChI=1S/C17H16N2O5S/c1-11-16-14-9-12(17(20)21)7-8-15(14)24-25(22,23)19(16)10-18(11)13-5-3-2-4-6-13/h2-9,11,16H,10H2,1H3,(H,20,21)/t11-,16?/m1/s1. The van der Waals surface area contributed by atoms with Crippen LogP contribution < -0.4 is 9.08 Å². The van der Waals surface area contributed by atoms with Crippen molar-refractivity contribution in [3.05, 3.63) is 59.7 Å². The molecule has 0 radical (unpaired) electrons. The molecule has 2 aromatic rings. The number of carbonyl (C=O) groups is 1. The van der Waals surface area contributed by atoms with Gasteiger partial charge in [0.05, 0.1) is 18.3 Å². The maximum absolute atomic E-state index is 12.5. The second kappa shape index (κ2) is 5.47. The van der Waals surface area contributed by atoms with Crippen LogP contribution in [0, 0.1) is 0 Å². The Hall–Kier alpha value is -2.58. The van der Waals surface area contributed by atoms with E-state index < -0.39 is 22.3 Å². The Balaban J connectivity index is 1.84. The summed E-state index contributed by atoms with van der Waals surface area (Å²) in [5.74, 6) is -0.874. The lowest BCUT2D eigenvalue weighted by Gasteiger charge is -2.31. The second-order valence-corrected chi connectivity index (χ2v) is 7.61. The Morgan fingerprint density at radius 3 is 2.60 bits per heavy atom. The zero-order valence-electron chi connectivity index (χ0n) is 13.4. The van der Waals surface area contributed by atoms with Crippen LogP contribution in [0.2, 0.25) is 0 Å². The molecule has 4 rings (SSSR count). The van der Waals surface area contributed by atoms with Gasteiger partial charge < -0.3 is 14.2 Å². The van der Waals surface area contributed by atoms with E-state index in [0.717, 1.165) is 5.69 Å². The molecule has 8 heteroatoms. The summed E-state index contributed by atoms with van der Waals surface area (Å²) in [6, 6.07) is 13.1. The minimum absolute atomic E-state index is 0.104. The van der Waals surface area contributed by atoms with Gasteiger partial charge in [-0.15, -0.1) is 4.31 Å². The molecule has 2 aliphatic heterocycles. The second-order valence-electron chi connectivity index (χ2n) is 6.12. The van der Waals surface area contributed by atoms with Crippen molar-refractivity contribution in [3.8, 4) is 5.75 Å². The molecule has 130 valence electrons. The van der Waals surface area contributed by atoms with Gasteiger partial charge in [-0.3, -0.25) is 0 Å². The van der Waals surface area contributed by atoms with Crippen molar-refractivity contribution in [1.82, 2.24) is 4.31 Å². The van der Waals surface area contributed by atoms with Crippen molar-refractivity contribution >= 4 is 22.0 Å². The summed E-state index contributed by atoms with van der Waals surface area (Å²) in [5, 5.41) is 9.24. The zero-order chi connectivity index (χ0) is 17.8. The quantitative estimate of drug-likeness (QED) is 0.884. The number of para-hydroxylation sites is 1. The average Bonchev–Trinajstić information content (AvgIpc) is 2.94. The van der Waals surface area contributed by atoms with Crippen LogP contribution in [-0.2, 0) is 10.3 Å². The van der Waals surface area contributed by atoms with Gasteiger partial charge in [0.15, 0.2) is 0 Å². The largest absolute Gasteiger partial charge is 0.478 e. The number of nitrogens with zero attached hydrogens (tertiary/aromatic N) is 2. The lowest BCUT2D eigenvalue weighted by Crippen LogP contribution is -2.39. The third kappa shape index (κ3) is 2.45. The summed E-state index contributed by atoms with van der Waals surface area (Å²) in [4.78, 5) is 13.3. The van der Waals surface area contributed by atoms with Gasteiger partial charge in [0.1, 0.15) is 5.75 Å². The fourth-order valence-corrected chi connectivity index (χ4v) is 4.80. The topological polar surface area (TPSA) is 87.1 Å². The van der Waals surface area contributed by atoms with E-state index in [-0.39, 0.29) is 24.0 Å². The van der Waals surface area contributed by atoms with Crippen molar-refractivity contribution in [3.63, 3.8) is 0 Å². The molecule has 7 nitrogen and oxygen atoms in total. The summed E-state index contributed by atoms with van der Waals surface area (Å²) in [6.45, 7) is 2.07. The Labute approximate surface area is 145 Å². The molecule has 0 aromatic heterocycles. The van der Waals surface area contributed by atoms with Gasteiger partial charge in [-0.05, 0) is 37.3 Å². The first-order valence-electron chi connectivity index (χ1n) is 7.78. The summed E-state index contributed by atoms with van der Waals surface area (Å²) in [6.07, 6.45) is 0. The third-order valence-corrected chi connectivity index (χ3v) is 6.00.